The predicted molar refractivity (Wildman–Crippen MR) is 60.4 cm³/mol. The van der Waals surface area contributed by atoms with Gasteiger partial charge in [0.1, 0.15) is 6.33 Å². The molecule has 0 radical (unpaired) electrons. The van der Waals surface area contributed by atoms with Crippen molar-refractivity contribution in [2.45, 2.75) is 6.04 Å². The molecule has 0 saturated heterocycles. The second kappa shape index (κ2) is 4.71. The van der Waals surface area contributed by atoms with E-state index < -0.39 is 12.0 Å². The van der Waals surface area contributed by atoms with E-state index in [2.05, 4.69) is 14.7 Å². The van der Waals surface area contributed by atoms with Crippen LogP contribution in [0, 0.1) is 0 Å². The van der Waals surface area contributed by atoms with E-state index in [1.807, 2.05) is 6.07 Å². The SMILES string of the molecule is O=C(O)C(Nc1ncns1)c1ccccc1. The number of carboxylic acid groups (broad SMARTS) is 1. The summed E-state index contributed by atoms with van der Waals surface area (Å²) in [5.41, 5.74) is 0.685. The molecule has 0 amide bonds. The highest BCUT2D eigenvalue weighted by atomic mass is 32.1. The van der Waals surface area contributed by atoms with Crippen molar-refractivity contribution in [2.24, 2.45) is 0 Å². The fourth-order valence-electron chi connectivity index (χ4n) is 1.29. The standard InChI is InChI=1S/C10H9N3O2S/c14-9(15)8(7-4-2-1-3-5-7)13-10-11-6-12-16-10/h1-6,8H,(H,14,15)(H,11,12,13). The fourth-order valence-corrected chi connectivity index (χ4v) is 1.75. The number of carboxylic acids is 1. The van der Waals surface area contributed by atoms with Crippen molar-refractivity contribution in [3.05, 3.63) is 42.2 Å². The van der Waals surface area contributed by atoms with Gasteiger partial charge in [-0.05, 0) is 5.56 Å². The van der Waals surface area contributed by atoms with Crippen molar-refractivity contribution in [1.29, 1.82) is 0 Å². The first kappa shape index (κ1) is 10.6. The highest BCUT2D eigenvalue weighted by Crippen LogP contribution is 2.19. The molecule has 6 heteroatoms. The Bertz CT molecular complexity index is 458. The van der Waals surface area contributed by atoms with Crippen molar-refractivity contribution < 1.29 is 9.90 Å². The molecule has 1 aromatic carbocycles. The zero-order valence-corrected chi connectivity index (χ0v) is 9.02. The third kappa shape index (κ3) is 2.34. The molecule has 82 valence electrons. The van der Waals surface area contributed by atoms with Gasteiger partial charge in [0.25, 0.3) is 0 Å². The van der Waals surface area contributed by atoms with E-state index in [4.69, 9.17) is 5.11 Å². The number of hydrogen-bond acceptors (Lipinski definition) is 5. The zero-order valence-electron chi connectivity index (χ0n) is 8.20. The Balaban J connectivity index is 2.22. The zero-order chi connectivity index (χ0) is 11.4. The largest absolute Gasteiger partial charge is 0.479 e. The Morgan fingerprint density at radius 2 is 2.12 bits per heavy atom. The Morgan fingerprint density at radius 3 is 2.69 bits per heavy atom. The summed E-state index contributed by atoms with van der Waals surface area (Å²) >= 11 is 1.13. The summed E-state index contributed by atoms with van der Waals surface area (Å²) in [6.07, 6.45) is 1.39. The smallest absolute Gasteiger partial charge is 0.330 e. The van der Waals surface area contributed by atoms with Crippen LogP contribution in [-0.2, 0) is 4.79 Å². The summed E-state index contributed by atoms with van der Waals surface area (Å²) in [6.45, 7) is 0. The Hall–Kier alpha value is -1.95. The molecule has 5 nitrogen and oxygen atoms in total. The quantitative estimate of drug-likeness (QED) is 0.844. The first-order chi connectivity index (χ1) is 7.77. The lowest BCUT2D eigenvalue weighted by Crippen LogP contribution is -2.20. The molecule has 16 heavy (non-hydrogen) atoms. The summed E-state index contributed by atoms with van der Waals surface area (Å²) in [5.74, 6) is -0.943. The minimum absolute atomic E-state index is 0.497. The lowest BCUT2D eigenvalue weighted by atomic mass is 10.1. The van der Waals surface area contributed by atoms with Gasteiger partial charge in [0, 0.05) is 11.5 Å². The lowest BCUT2D eigenvalue weighted by Gasteiger charge is -2.13. The van der Waals surface area contributed by atoms with E-state index in [0.717, 1.165) is 11.5 Å². The maximum Gasteiger partial charge on any atom is 0.330 e. The van der Waals surface area contributed by atoms with E-state index in [1.54, 1.807) is 24.3 Å². The van der Waals surface area contributed by atoms with E-state index in [-0.39, 0.29) is 0 Å². The minimum Gasteiger partial charge on any atom is -0.479 e. The highest BCUT2D eigenvalue weighted by Gasteiger charge is 2.20. The number of nitrogens with zero attached hydrogens (tertiary/aromatic N) is 2. The van der Waals surface area contributed by atoms with Gasteiger partial charge in [0.05, 0.1) is 0 Å². The molecule has 0 bridgehead atoms. The molecular formula is C10H9N3O2S. The molecule has 2 rings (SSSR count). The number of aromatic nitrogens is 2. The monoisotopic (exact) mass is 235 g/mol. The van der Waals surface area contributed by atoms with Gasteiger partial charge in [-0.3, -0.25) is 0 Å². The maximum absolute atomic E-state index is 11.1. The molecule has 0 aliphatic heterocycles. The van der Waals surface area contributed by atoms with Crippen LogP contribution >= 0.6 is 11.5 Å². The summed E-state index contributed by atoms with van der Waals surface area (Å²) in [6, 6.07) is 8.15. The van der Waals surface area contributed by atoms with Crippen LogP contribution in [0.15, 0.2) is 36.7 Å². The molecule has 0 spiro atoms. The first-order valence-corrected chi connectivity index (χ1v) is 5.35. The number of anilines is 1. The topological polar surface area (TPSA) is 75.1 Å². The molecule has 2 aromatic rings. The van der Waals surface area contributed by atoms with E-state index in [1.165, 1.54) is 6.33 Å². The molecule has 0 aliphatic carbocycles. The van der Waals surface area contributed by atoms with Gasteiger partial charge in [-0.1, -0.05) is 30.3 Å². The summed E-state index contributed by atoms with van der Waals surface area (Å²) in [5, 5.41) is 12.4. The second-order valence-corrected chi connectivity index (χ2v) is 3.85. The van der Waals surface area contributed by atoms with E-state index in [9.17, 15) is 4.79 Å². The van der Waals surface area contributed by atoms with Crippen molar-refractivity contribution >= 4 is 22.6 Å². The molecule has 1 heterocycles. The van der Waals surface area contributed by atoms with Gasteiger partial charge in [-0.2, -0.15) is 4.37 Å². The van der Waals surface area contributed by atoms with Crippen LogP contribution in [0.2, 0.25) is 0 Å². The van der Waals surface area contributed by atoms with Crippen LogP contribution in [0.5, 0.6) is 0 Å². The molecule has 0 aliphatic rings. The van der Waals surface area contributed by atoms with Gasteiger partial charge in [-0.25, -0.2) is 9.78 Å². The van der Waals surface area contributed by atoms with Crippen molar-refractivity contribution in [1.82, 2.24) is 9.36 Å². The third-order valence-electron chi connectivity index (χ3n) is 2.01. The van der Waals surface area contributed by atoms with Crippen molar-refractivity contribution in [2.75, 3.05) is 5.32 Å². The van der Waals surface area contributed by atoms with Crippen LogP contribution in [0.25, 0.3) is 0 Å². The van der Waals surface area contributed by atoms with Gasteiger partial charge >= 0.3 is 5.97 Å². The van der Waals surface area contributed by atoms with Gasteiger partial charge in [0.15, 0.2) is 6.04 Å². The van der Waals surface area contributed by atoms with Crippen molar-refractivity contribution in [3.8, 4) is 0 Å². The number of benzene rings is 1. The number of nitrogens with one attached hydrogen (secondary N) is 1. The van der Waals surface area contributed by atoms with E-state index >= 15 is 0 Å². The molecule has 1 unspecified atom stereocenters. The van der Waals surface area contributed by atoms with Crippen LogP contribution in [-0.4, -0.2) is 20.4 Å². The minimum atomic E-state index is -0.943. The second-order valence-electron chi connectivity index (χ2n) is 3.07. The molecule has 2 N–H and O–H groups in total. The van der Waals surface area contributed by atoms with Crippen LogP contribution in [0.1, 0.15) is 11.6 Å². The number of carbonyl (C=O) groups is 1. The van der Waals surface area contributed by atoms with Gasteiger partial charge in [0.2, 0.25) is 5.13 Å². The first-order valence-electron chi connectivity index (χ1n) is 4.58. The Morgan fingerprint density at radius 1 is 1.38 bits per heavy atom. The average Bonchev–Trinajstić information content (AvgIpc) is 2.79. The molecule has 0 saturated carbocycles. The van der Waals surface area contributed by atoms with Crippen molar-refractivity contribution in [3.63, 3.8) is 0 Å². The van der Waals surface area contributed by atoms with Gasteiger partial charge < -0.3 is 10.4 Å². The Labute approximate surface area is 95.9 Å². The van der Waals surface area contributed by atoms with Gasteiger partial charge in [-0.15, -0.1) is 0 Å². The summed E-state index contributed by atoms with van der Waals surface area (Å²) in [7, 11) is 0. The number of aliphatic carboxylic acids is 1. The normalized spacial score (nSPS) is 12.0. The molecular weight excluding hydrogens is 226 g/mol. The number of hydrogen-bond donors (Lipinski definition) is 2. The molecule has 0 fully saturated rings. The van der Waals surface area contributed by atoms with Crippen LogP contribution in [0.4, 0.5) is 5.13 Å². The van der Waals surface area contributed by atoms with E-state index in [0.29, 0.717) is 10.7 Å². The molecule has 1 aromatic heterocycles. The third-order valence-corrected chi connectivity index (χ3v) is 2.60. The summed E-state index contributed by atoms with van der Waals surface area (Å²) < 4.78 is 3.80. The fraction of sp³-hybridized carbons (Fsp3) is 0.100. The average molecular weight is 235 g/mol. The summed E-state index contributed by atoms with van der Waals surface area (Å²) in [4.78, 5) is 15.0. The highest BCUT2D eigenvalue weighted by molar-refractivity contribution is 7.09. The maximum atomic E-state index is 11.1. The van der Waals surface area contributed by atoms with Crippen LogP contribution < -0.4 is 5.32 Å². The van der Waals surface area contributed by atoms with Crippen LogP contribution in [0.3, 0.4) is 0 Å². The number of rotatable bonds is 4. The molecule has 1 atom stereocenters. The lowest BCUT2D eigenvalue weighted by molar-refractivity contribution is -0.138. The Kier molecular flexibility index (Phi) is 3.11. The predicted octanol–water partition coefficient (Wildman–Crippen LogP) is 1.78.